The van der Waals surface area contributed by atoms with Crippen LogP contribution in [0.5, 0.6) is 5.75 Å². The molecule has 0 saturated carbocycles. The number of benzene rings is 1. The van der Waals surface area contributed by atoms with Crippen molar-refractivity contribution < 1.29 is 34.2 Å². The maximum atomic E-state index is 13.3. The van der Waals surface area contributed by atoms with Crippen molar-refractivity contribution >= 4 is 29.6 Å². The van der Waals surface area contributed by atoms with Crippen LogP contribution in [0.25, 0.3) is 0 Å². The van der Waals surface area contributed by atoms with E-state index in [2.05, 4.69) is 20.6 Å². The van der Waals surface area contributed by atoms with Crippen molar-refractivity contribution in [1.82, 2.24) is 25.5 Å². The predicted octanol–water partition coefficient (Wildman–Crippen LogP) is -1.46. The number of likely N-dealkylation sites (tertiary alicyclic amines) is 1. The summed E-state index contributed by atoms with van der Waals surface area (Å²) in [6.45, 7) is 0.279. The minimum absolute atomic E-state index is 0.00690. The van der Waals surface area contributed by atoms with E-state index in [1.165, 1.54) is 29.6 Å². The zero-order valence-electron chi connectivity index (χ0n) is 21.2. The van der Waals surface area contributed by atoms with Gasteiger partial charge in [0.05, 0.1) is 12.4 Å². The first-order valence-corrected chi connectivity index (χ1v) is 12.5. The lowest BCUT2D eigenvalue weighted by molar-refractivity contribution is -0.143. The summed E-state index contributed by atoms with van der Waals surface area (Å²) < 4.78 is 0. The fraction of sp³-hybridized carbons (Fsp3) is 0.440. The summed E-state index contributed by atoms with van der Waals surface area (Å²) in [5.74, 6) is -3.69. The highest BCUT2D eigenvalue weighted by Gasteiger charge is 2.38. The van der Waals surface area contributed by atoms with Crippen LogP contribution < -0.4 is 22.1 Å². The Morgan fingerprint density at radius 3 is 2.44 bits per heavy atom. The van der Waals surface area contributed by atoms with Gasteiger partial charge in [0.2, 0.25) is 23.6 Å². The molecule has 210 valence electrons. The molecule has 1 fully saturated rings. The zero-order valence-corrected chi connectivity index (χ0v) is 21.2. The Balaban J connectivity index is 1.75. The Hall–Kier alpha value is -4.46. The molecule has 0 bridgehead atoms. The van der Waals surface area contributed by atoms with Gasteiger partial charge in [0, 0.05) is 37.7 Å². The molecule has 4 amide bonds. The van der Waals surface area contributed by atoms with Crippen LogP contribution in [0.3, 0.4) is 0 Å². The molecule has 2 heterocycles. The number of nitrogens with zero attached hydrogens (tertiary/aromatic N) is 2. The average Bonchev–Trinajstić information content (AvgIpc) is 3.59. The van der Waals surface area contributed by atoms with Gasteiger partial charge < -0.3 is 42.2 Å². The minimum Gasteiger partial charge on any atom is -0.508 e. The van der Waals surface area contributed by atoms with Crippen LogP contribution >= 0.6 is 0 Å². The van der Waals surface area contributed by atoms with E-state index in [0.29, 0.717) is 24.1 Å². The molecule has 14 heteroatoms. The largest absolute Gasteiger partial charge is 0.508 e. The highest BCUT2D eigenvalue weighted by molar-refractivity contribution is 5.94. The van der Waals surface area contributed by atoms with E-state index < -0.39 is 53.8 Å². The fourth-order valence-corrected chi connectivity index (χ4v) is 4.37. The number of carboxylic acid groups (broad SMARTS) is 1. The van der Waals surface area contributed by atoms with Crippen molar-refractivity contribution in [3.63, 3.8) is 0 Å². The first-order chi connectivity index (χ1) is 18.5. The maximum absolute atomic E-state index is 13.3. The summed E-state index contributed by atoms with van der Waals surface area (Å²) >= 11 is 0. The zero-order chi connectivity index (χ0) is 28.5. The van der Waals surface area contributed by atoms with Crippen molar-refractivity contribution in [3.8, 4) is 5.75 Å². The Morgan fingerprint density at radius 1 is 1.10 bits per heavy atom. The molecule has 39 heavy (non-hydrogen) atoms. The number of H-pyrrole nitrogens is 1. The van der Waals surface area contributed by atoms with Gasteiger partial charge in [0.25, 0.3) is 0 Å². The molecule has 2 aromatic rings. The summed E-state index contributed by atoms with van der Waals surface area (Å²) in [6, 6.07) is 1.60. The highest BCUT2D eigenvalue weighted by atomic mass is 16.4. The predicted molar refractivity (Wildman–Crippen MR) is 137 cm³/mol. The van der Waals surface area contributed by atoms with Gasteiger partial charge in [-0.2, -0.15) is 0 Å². The number of amides is 4. The number of hydrogen-bond acceptors (Lipinski definition) is 8. The maximum Gasteiger partial charge on any atom is 0.326 e. The van der Waals surface area contributed by atoms with Crippen molar-refractivity contribution in [3.05, 3.63) is 48.0 Å². The lowest BCUT2D eigenvalue weighted by Gasteiger charge is -2.28. The molecule has 1 aromatic carbocycles. The fourth-order valence-electron chi connectivity index (χ4n) is 4.37. The highest BCUT2D eigenvalue weighted by Crippen LogP contribution is 2.20. The number of phenolic OH excluding ortho intramolecular Hbond substituents is 1. The Kier molecular flexibility index (Phi) is 9.98. The third-order valence-corrected chi connectivity index (χ3v) is 6.46. The molecule has 3 rings (SSSR count). The van der Waals surface area contributed by atoms with Gasteiger partial charge in [-0.15, -0.1) is 0 Å². The third-order valence-electron chi connectivity index (χ3n) is 6.46. The first-order valence-electron chi connectivity index (χ1n) is 12.5. The Labute approximate surface area is 224 Å². The number of carbonyl (C=O) groups excluding carboxylic acids is 4. The summed E-state index contributed by atoms with van der Waals surface area (Å²) in [5.41, 5.74) is 12.2. The third kappa shape index (κ3) is 8.26. The monoisotopic (exact) mass is 543 g/mol. The minimum atomic E-state index is -1.30. The number of aromatic hydroxyl groups is 1. The number of aliphatic carboxylic acids is 1. The lowest BCUT2D eigenvalue weighted by atomic mass is 10.0. The second-order valence-electron chi connectivity index (χ2n) is 9.41. The number of phenols is 1. The molecule has 14 nitrogen and oxygen atoms in total. The molecule has 0 radical (unpaired) electrons. The standard InChI is InChI=1S/C25H33N7O7/c26-17(7-8-21(27)34)24(37)32-9-1-2-20(32)23(36)30-18(10-14-3-5-16(33)6-4-14)22(35)31-19(25(38)39)11-15-12-28-13-29-15/h3-6,12-13,17-20,33H,1-2,7-11,26H2,(H2,27,34)(H,28,29)(H,30,36)(H,31,35)(H,38,39). The summed E-state index contributed by atoms with van der Waals surface area (Å²) in [7, 11) is 0. The van der Waals surface area contributed by atoms with Gasteiger partial charge >= 0.3 is 5.97 Å². The van der Waals surface area contributed by atoms with Gasteiger partial charge in [0.1, 0.15) is 23.9 Å². The lowest BCUT2D eigenvalue weighted by Crippen LogP contribution is -2.57. The number of aromatic amines is 1. The molecule has 1 saturated heterocycles. The number of aromatic nitrogens is 2. The van der Waals surface area contributed by atoms with E-state index in [0.717, 1.165) is 0 Å². The van der Waals surface area contributed by atoms with Crippen LogP contribution in [0.2, 0.25) is 0 Å². The van der Waals surface area contributed by atoms with Gasteiger partial charge in [-0.1, -0.05) is 12.1 Å². The molecule has 0 spiro atoms. The SMILES string of the molecule is NC(=O)CCC(N)C(=O)N1CCCC1C(=O)NC(Cc1ccc(O)cc1)C(=O)NC(Cc1cnc[nH]1)C(=O)O. The number of nitrogens with one attached hydrogen (secondary N) is 3. The molecule has 1 aliphatic rings. The first kappa shape index (κ1) is 29.1. The number of primary amides is 1. The van der Waals surface area contributed by atoms with Gasteiger partial charge in [-0.05, 0) is 37.0 Å². The smallest absolute Gasteiger partial charge is 0.326 e. The van der Waals surface area contributed by atoms with E-state index in [1.807, 2.05) is 0 Å². The van der Waals surface area contributed by atoms with Crippen molar-refractivity contribution in [2.24, 2.45) is 11.5 Å². The number of nitrogens with two attached hydrogens (primary N) is 2. The normalized spacial score (nSPS) is 17.2. The van der Waals surface area contributed by atoms with Gasteiger partial charge in [-0.25, -0.2) is 9.78 Å². The van der Waals surface area contributed by atoms with Crippen LogP contribution in [-0.2, 0) is 36.8 Å². The van der Waals surface area contributed by atoms with E-state index in [-0.39, 0.29) is 38.0 Å². The van der Waals surface area contributed by atoms with Crippen molar-refractivity contribution in [1.29, 1.82) is 0 Å². The van der Waals surface area contributed by atoms with Gasteiger partial charge in [0.15, 0.2) is 0 Å². The number of imidazole rings is 1. The summed E-state index contributed by atoms with van der Waals surface area (Å²) in [5, 5.41) is 24.4. The molecular formula is C25H33N7O7. The number of carbonyl (C=O) groups is 5. The van der Waals surface area contributed by atoms with Crippen LogP contribution in [0.4, 0.5) is 0 Å². The molecule has 4 atom stereocenters. The second-order valence-corrected chi connectivity index (χ2v) is 9.41. The molecule has 0 aliphatic carbocycles. The van der Waals surface area contributed by atoms with E-state index in [9.17, 15) is 34.2 Å². The van der Waals surface area contributed by atoms with E-state index in [4.69, 9.17) is 11.5 Å². The van der Waals surface area contributed by atoms with Crippen LogP contribution in [0.15, 0.2) is 36.8 Å². The van der Waals surface area contributed by atoms with Crippen molar-refractivity contribution in [2.75, 3.05) is 6.54 Å². The van der Waals surface area contributed by atoms with Crippen LogP contribution in [0.1, 0.15) is 36.9 Å². The summed E-state index contributed by atoms with van der Waals surface area (Å²) in [4.78, 5) is 70.3. The van der Waals surface area contributed by atoms with Crippen LogP contribution in [0, 0.1) is 0 Å². The second kappa shape index (κ2) is 13.4. The number of rotatable bonds is 13. The molecule has 9 N–H and O–H groups in total. The van der Waals surface area contributed by atoms with Crippen LogP contribution in [-0.4, -0.2) is 85.4 Å². The molecule has 4 unspecified atom stereocenters. The Bertz CT molecular complexity index is 1170. The summed E-state index contributed by atoms with van der Waals surface area (Å²) in [6.07, 6.45) is 3.60. The number of hydrogen-bond donors (Lipinski definition) is 7. The molecule has 1 aliphatic heterocycles. The van der Waals surface area contributed by atoms with Crippen molar-refractivity contribution in [2.45, 2.75) is 62.7 Å². The molecular weight excluding hydrogens is 510 g/mol. The average molecular weight is 544 g/mol. The van der Waals surface area contributed by atoms with E-state index >= 15 is 0 Å². The number of carboxylic acids is 1. The quantitative estimate of drug-likeness (QED) is 0.156. The van der Waals surface area contributed by atoms with E-state index in [1.54, 1.807) is 12.1 Å². The van der Waals surface area contributed by atoms with Gasteiger partial charge in [-0.3, -0.25) is 19.2 Å². The Morgan fingerprint density at radius 2 is 1.82 bits per heavy atom. The molecule has 1 aromatic heterocycles. The topological polar surface area (TPSA) is 234 Å².